The first-order chi connectivity index (χ1) is 8.66. The highest BCUT2D eigenvalue weighted by Gasteiger charge is 2.49. The van der Waals surface area contributed by atoms with Gasteiger partial charge in [0, 0.05) is 11.5 Å². The predicted octanol–water partition coefficient (Wildman–Crippen LogP) is 2.96. The van der Waals surface area contributed by atoms with Gasteiger partial charge in [0.1, 0.15) is 0 Å². The molecule has 106 valence electrons. The molecule has 4 heteroatoms. The predicted molar refractivity (Wildman–Crippen MR) is 72.7 cm³/mol. The fourth-order valence-electron chi connectivity index (χ4n) is 2.96. The highest BCUT2D eigenvalue weighted by molar-refractivity contribution is 5.92. The van der Waals surface area contributed by atoms with Gasteiger partial charge >= 0.3 is 11.9 Å². The van der Waals surface area contributed by atoms with Crippen molar-refractivity contribution >= 4 is 11.9 Å². The second-order valence-electron chi connectivity index (χ2n) is 5.78. The van der Waals surface area contributed by atoms with Crippen molar-refractivity contribution in [2.24, 2.45) is 23.2 Å². The third-order valence-electron chi connectivity index (χ3n) is 4.18. The summed E-state index contributed by atoms with van der Waals surface area (Å²) in [5.74, 6) is -2.66. The van der Waals surface area contributed by atoms with E-state index in [1.54, 1.807) is 19.1 Å². The summed E-state index contributed by atoms with van der Waals surface area (Å²) in [6.07, 6.45) is 3.36. The average Bonchev–Trinajstić information content (AvgIpc) is 2.26. The summed E-state index contributed by atoms with van der Waals surface area (Å²) in [5.41, 5.74) is -0.197. The zero-order valence-corrected chi connectivity index (χ0v) is 12.1. The first kappa shape index (κ1) is 15.5. The highest BCUT2D eigenvalue weighted by Crippen LogP contribution is 2.46. The Labute approximate surface area is 113 Å². The van der Waals surface area contributed by atoms with E-state index in [1.807, 2.05) is 27.7 Å². The van der Waals surface area contributed by atoms with E-state index >= 15 is 0 Å². The fourth-order valence-corrected chi connectivity index (χ4v) is 2.96. The number of allylic oxidation sites excluding steroid dienone is 2. The van der Waals surface area contributed by atoms with Crippen molar-refractivity contribution in [2.45, 2.75) is 34.6 Å². The van der Waals surface area contributed by atoms with Crippen LogP contribution < -0.4 is 0 Å². The van der Waals surface area contributed by atoms with Crippen molar-refractivity contribution in [2.75, 3.05) is 0 Å². The Hall–Kier alpha value is -1.58. The van der Waals surface area contributed by atoms with Crippen LogP contribution in [-0.2, 0) is 9.59 Å². The summed E-state index contributed by atoms with van der Waals surface area (Å²) in [6.45, 7) is 9.16. The van der Waals surface area contributed by atoms with E-state index in [9.17, 15) is 19.8 Å². The molecule has 19 heavy (non-hydrogen) atoms. The standard InChI is InChI=1S/C15H22O4/c1-8(2)11-6-7-15(9(3)4,14(18)19)10(5)12(11)13(16)17/h6-10H,1-5H3,(H,16,17)(H,18,19). The van der Waals surface area contributed by atoms with E-state index in [4.69, 9.17) is 0 Å². The molecule has 4 nitrogen and oxygen atoms in total. The van der Waals surface area contributed by atoms with E-state index in [0.717, 1.165) is 5.57 Å². The Balaban J connectivity index is 3.49. The van der Waals surface area contributed by atoms with Gasteiger partial charge in [0.15, 0.2) is 0 Å². The van der Waals surface area contributed by atoms with Gasteiger partial charge in [-0.1, -0.05) is 46.8 Å². The smallest absolute Gasteiger partial charge is 0.332 e. The first-order valence-corrected chi connectivity index (χ1v) is 6.56. The number of rotatable bonds is 4. The molecular weight excluding hydrogens is 244 g/mol. The molecule has 0 aromatic heterocycles. The number of hydrogen-bond donors (Lipinski definition) is 2. The Morgan fingerprint density at radius 1 is 1.21 bits per heavy atom. The zero-order valence-electron chi connectivity index (χ0n) is 12.1. The van der Waals surface area contributed by atoms with Crippen molar-refractivity contribution in [3.63, 3.8) is 0 Å². The fraction of sp³-hybridized carbons (Fsp3) is 0.600. The Bertz CT molecular complexity index is 457. The van der Waals surface area contributed by atoms with Crippen LogP contribution in [0.2, 0.25) is 0 Å². The van der Waals surface area contributed by atoms with Crippen molar-refractivity contribution in [3.05, 3.63) is 23.3 Å². The summed E-state index contributed by atoms with van der Waals surface area (Å²) in [5, 5.41) is 19.0. The quantitative estimate of drug-likeness (QED) is 0.820. The maximum Gasteiger partial charge on any atom is 0.332 e. The van der Waals surface area contributed by atoms with Crippen LogP contribution in [0.4, 0.5) is 0 Å². The van der Waals surface area contributed by atoms with Gasteiger partial charge in [-0.2, -0.15) is 0 Å². The van der Waals surface area contributed by atoms with Crippen LogP contribution in [0, 0.1) is 23.2 Å². The number of aliphatic carboxylic acids is 2. The maximum absolute atomic E-state index is 11.7. The van der Waals surface area contributed by atoms with Gasteiger partial charge in [0.05, 0.1) is 5.41 Å². The van der Waals surface area contributed by atoms with Gasteiger partial charge in [-0.15, -0.1) is 0 Å². The van der Waals surface area contributed by atoms with Crippen LogP contribution in [-0.4, -0.2) is 22.2 Å². The molecule has 0 fully saturated rings. The molecule has 1 aliphatic carbocycles. The van der Waals surface area contributed by atoms with E-state index in [0.29, 0.717) is 0 Å². The van der Waals surface area contributed by atoms with Gasteiger partial charge in [0.25, 0.3) is 0 Å². The lowest BCUT2D eigenvalue weighted by molar-refractivity contribution is -0.151. The number of hydrogen-bond acceptors (Lipinski definition) is 2. The van der Waals surface area contributed by atoms with Crippen LogP contribution in [0.1, 0.15) is 34.6 Å². The minimum absolute atomic E-state index is 0.0590. The van der Waals surface area contributed by atoms with Crippen LogP contribution in [0.5, 0.6) is 0 Å². The second-order valence-corrected chi connectivity index (χ2v) is 5.78. The Kier molecular flexibility index (Phi) is 4.23. The van der Waals surface area contributed by atoms with Gasteiger partial charge in [-0.3, -0.25) is 4.79 Å². The van der Waals surface area contributed by atoms with Crippen molar-refractivity contribution in [1.29, 1.82) is 0 Å². The average molecular weight is 266 g/mol. The van der Waals surface area contributed by atoms with E-state index < -0.39 is 23.3 Å². The van der Waals surface area contributed by atoms with Gasteiger partial charge in [-0.05, 0) is 17.4 Å². The van der Waals surface area contributed by atoms with E-state index in [1.165, 1.54) is 0 Å². The molecule has 0 aliphatic heterocycles. The largest absolute Gasteiger partial charge is 0.481 e. The normalized spacial score (nSPS) is 27.2. The molecule has 0 heterocycles. The molecule has 0 bridgehead atoms. The summed E-state index contributed by atoms with van der Waals surface area (Å²) in [4.78, 5) is 23.2. The summed E-state index contributed by atoms with van der Waals surface area (Å²) < 4.78 is 0. The van der Waals surface area contributed by atoms with E-state index in [-0.39, 0.29) is 17.4 Å². The van der Waals surface area contributed by atoms with Gasteiger partial charge < -0.3 is 10.2 Å². The lowest BCUT2D eigenvalue weighted by Crippen LogP contribution is -2.44. The SMILES string of the molecule is CC(C)C1=C(C(=O)O)C(C)C(C(=O)O)(C(C)C)C=C1. The molecule has 2 atom stereocenters. The molecule has 0 amide bonds. The zero-order chi connectivity index (χ0) is 15.0. The molecular formula is C15H22O4. The molecule has 0 aromatic carbocycles. The van der Waals surface area contributed by atoms with Crippen LogP contribution >= 0.6 is 0 Å². The number of carboxylic acid groups (broad SMARTS) is 2. The summed E-state index contributed by atoms with van der Waals surface area (Å²) in [7, 11) is 0. The summed E-state index contributed by atoms with van der Waals surface area (Å²) >= 11 is 0. The number of carbonyl (C=O) groups is 2. The minimum atomic E-state index is -1.15. The lowest BCUT2D eigenvalue weighted by Gasteiger charge is -2.40. The Morgan fingerprint density at radius 3 is 2.05 bits per heavy atom. The topological polar surface area (TPSA) is 74.6 Å². The van der Waals surface area contributed by atoms with Crippen molar-refractivity contribution in [1.82, 2.24) is 0 Å². The van der Waals surface area contributed by atoms with E-state index in [2.05, 4.69) is 0 Å². The van der Waals surface area contributed by atoms with Gasteiger partial charge in [0.2, 0.25) is 0 Å². The molecule has 0 saturated carbocycles. The van der Waals surface area contributed by atoms with Crippen molar-refractivity contribution < 1.29 is 19.8 Å². The van der Waals surface area contributed by atoms with Crippen LogP contribution in [0.3, 0.4) is 0 Å². The Morgan fingerprint density at radius 2 is 1.74 bits per heavy atom. The maximum atomic E-state index is 11.7. The molecule has 1 aliphatic rings. The van der Waals surface area contributed by atoms with Crippen molar-refractivity contribution in [3.8, 4) is 0 Å². The monoisotopic (exact) mass is 266 g/mol. The molecule has 0 radical (unpaired) electrons. The molecule has 2 unspecified atom stereocenters. The molecule has 0 saturated heterocycles. The number of carboxylic acids is 2. The third-order valence-corrected chi connectivity index (χ3v) is 4.18. The molecule has 0 aromatic rings. The first-order valence-electron chi connectivity index (χ1n) is 6.56. The second kappa shape index (κ2) is 5.19. The van der Waals surface area contributed by atoms with Crippen LogP contribution in [0.25, 0.3) is 0 Å². The highest BCUT2D eigenvalue weighted by atomic mass is 16.4. The van der Waals surface area contributed by atoms with Gasteiger partial charge in [-0.25, -0.2) is 4.79 Å². The summed E-state index contributed by atoms with van der Waals surface area (Å²) in [6, 6.07) is 0. The minimum Gasteiger partial charge on any atom is -0.481 e. The molecule has 1 rings (SSSR count). The molecule has 2 N–H and O–H groups in total. The van der Waals surface area contributed by atoms with Crippen LogP contribution in [0.15, 0.2) is 23.3 Å². The third kappa shape index (κ3) is 2.31. The molecule has 0 spiro atoms. The lowest BCUT2D eigenvalue weighted by atomic mass is 9.61.